The van der Waals surface area contributed by atoms with E-state index in [0.29, 0.717) is 18.7 Å². The topological polar surface area (TPSA) is 92.9 Å². The molecule has 0 radical (unpaired) electrons. The van der Waals surface area contributed by atoms with Crippen molar-refractivity contribution in [1.82, 2.24) is 4.31 Å². The van der Waals surface area contributed by atoms with Gasteiger partial charge in [0.25, 0.3) is 0 Å². The Morgan fingerprint density at radius 2 is 2.19 bits per heavy atom. The fourth-order valence-electron chi connectivity index (χ4n) is 2.75. The highest BCUT2D eigenvalue weighted by Crippen LogP contribution is 2.32. The summed E-state index contributed by atoms with van der Waals surface area (Å²) in [5.41, 5.74) is 6.10. The number of rotatable bonds is 5. The molecule has 0 spiro atoms. The summed E-state index contributed by atoms with van der Waals surface area (Å²) in [6.45, 7) is 0.440. The van der Waals surface area contributed by atoms with Crippen LogP contribution in [0.4, 0.5) is 5.69 Å². The molecule has 0 aromatic heterocycles. The first-order valence-corrected chi connectivity index (χ1v) is 8.51. The summed E-state index contributed by atoms with van der Waals surface area (Å²) in [5.74, 6) is 0.289. The zero-order valence-electron chi connectivity index (χ0n) is 12.2. The lowest BCUT2D eigenvalue weighted by atomic mass is 10.0. The van der Waals surface area contributed by atoms with Crippen LogP contribution in [0, 0.1) is 0 Å². The number of methoxy groups -OCH3 is 1. The maximum Gasteiger partial charge on any atom is 0.247 e. The number of nitrogens with two attached hydrogens (primary N) is 1. The number of hydrogen-bond acceptors (Lipinski definition) is 5. The number of aliphatic hydroxyl groups is 1. The minimum Gasteiger partial charge on any atom is -0.495 e. The highest BCUT2D eigenvalue weighted by molar-refractivity contribution is 7.89. The summed E-state index contributed by atoms with van der Waals surface area (Å²) in [6.07, 6.45) is 3.02. The van der Waals surface area contributed by atoms with E-state index in [0.717, 1.165) is 19.3 Å². The molecule has 2 rings (SSSR count). The summed E-state index contributed by atoms with van der Waals surface area (Å²) in [7, 11) is -2.24. The van der Waals surface area contributed by atoms with Gasteiger partial charge in [0.2, 0.25) is 10.0 Å². The van der Waals surface area contributed by atoms with Crippen molar-refractivity contribution < 1.29 is 18.3 Å². The van der Waals surface area contributed by atoms with Crippen LogP contribution in [0.15, 0.2) is 23.1 Å². The third kappa shape index (κ3) is 3.30. The first kappa shape index (κ1) is 16.1. The zero-order chi connectivity index (χ0) is 15.5. The Morgan fingerprint density at radius 3 is 2.86 bits per heavy atom. The summed E-state index contributed by atoms with van der Waals surface area (Å²) in [6, 6.07) is 4.44. The molecule has 0 aliphatic carbocycles. The molecule has 1 unspecified atom stereocenters. The summed E-state index contributed by atoms with van der Waals surface area (Å²) >= 11 is 0. The average Bonchev–Trinajstić information content (AvgIpc) is 2.48. The molecule has 1 aliphatic rings. The van der Waals surface area contributed by atoms with Crippen LogP contribution in [0.3, 0.4) is 0 Å². The Hall–Kier alpha value is -1.31. The minimum absolute atomic E-state index is 0.0231. The molecular formula is C14H22N2O4S. The molecule has 6 nitrogen and oxygen atoms in total. The quantitative estimate of drug-likeness (QED) is 0.797. The third-order valence-electron chi connectivity index (χ3n) is 3.81. The Bertz CT molecular complexity index is 587. The molecule has 3 N–H and O–H groups in total. The first-order chi connectivity index (χ1) is 10.0. The van der Waals surface area contributed by atoms with Crippen LogP contribution >= 0.6 is 0 Å². The van der Waals surface area contributed by atoms with Crippen molar-refractivity contribution in [2.24, 2.45) is 0 Å². The number of benzene rings is 1. The molecule has 1 fully saturated rings. The van der Waals surface area contributed by atoms with Gasteiger partial charge in [-0.15, -0.1) is 0 Å². The largest absolute Gasteiger partial charge is 0.495 e. The molecule has 0 saturated carbocycles. The van der Waals surface area contributed by atoms with E-state index in [-0.39, 0.29) is 23.3 Å². The normalized spacial score (nSPS) is 20.4. The highest BCUT2D eigenvalue weighted by atomic mass is 32.2. The number of hydrogen-bond donors (Lipinski definition) is 2. The Morgan fingerprint density at radius 1 is 1.43 bits per heavy atom. The zero-order valence-corrected chi connectivity index (χ0v) is 13.0. The van der Waals surface area contributed by atoms with Gasteiger partial charge in [-0.1, -0.05) is 6.42 Å². The number of nitrogen functional groups attached to an aromatic ring is 1. The second-order valence-electron chi connectivity index (χ2n) is 5.19. The smallest absolute Gasteiger partial charge is 0.247 e. The number of piperidine rings is 1. The van der Waals surface area contributed by atoms with Gasteiger partial charge in [-0.25, -0.2) is 8.42 Å². The highest BCUT2D eigenvalue weighted by Gasteiger charge is 2.34. The molecule has 0 amide bonds. The molecule has 1 atom stereocenters. The van der Waals surface area contributed by atoms with Crippen molar-refractivity contribution in [2.45, 2.75) is 36.6 Å². The van der Waals surface area contributed by atoms with Crippen molar-refractivity contribution in [3.05, 3.63) is 18.2 Å². The molecule has 1 aromatic rings. The van der Waals surface area contributed by atoms with Crippen LogP contribution in [-0.4, -0.2) is 44.1 Å². The van der Waals surface area contributed by atoms with Gasteiger partial charge in [-0.2, -0.15) is 4.31 Å². The molecule has 1 saturated heterocycles. The number of anilines is 1. The fourth-order valence-corrected chi connectivity index (χ4v) is 4.67. The lowest BCUT2D eigenvalue weighted by Crippen LogP contribution is -2.44. The Balaban J connectivity index is 2.42. The average molecular weight is 314 g/mol. The molecule has 1 aliphatic heterocycles. The van der Waals surface area contributed by atoms with Crippen LogP contribution in [0.25, 0.3) is 0 Å². The summed E-state index contributed by atoms with van der Waals surface area (Å²) in [4.78, 5) is 0.0924. The van der Waals surface area contributed by atoms with Crippen molar-refractivity contribution in [3.8, 4) is 5.75 Å². The number of nitrogens with zero attached hydrogens (tertiary/aromatic N) is 1. The van der Waals surface area contributed by atoms with Gasteiger partial charge in [-0.3, -0.25) is 0 Å². The predicted molar refractivity (Wildman–Crippen MR) is 80.6 cm³/mol. The predicted octanol–water partition coefficient (Wildman–Crippen LogP) is 1.20. The second kappa shape index (κ2) is 6.64. The van der Waals surface area contributed by atoms with E-state index >= 15 is 0 Å². The minimum atomic E-state index is -3.68. The molecule has 1 aromatic carbocycles. The summed E-state index contributed by atoms with van der Waals surface area (Å²) < 4.78 is 32.5. The van der Waals surface area contributed by atoms with Crippen LogP contribution in [0.5, 0.6) is 5.75 Å². The maximum atomic E-state index is 12.9. The van der Waals surface area contributed by atoms with Crippen molar-refractivity contribution >= 4 is 15.7 Å². The number of sulfonamides is 1. The standard InChI is InChI=1S/C14H22N2O4S/c1-20-13-6-5-11(15)10-14(13)21(18,19)16-8-3-2-4-12(16)7-9-17/h5-6,10,12,17H,2-4,7-9,15H2,1H3. The van der Waals surface area contributed by atoms with Crippen molar-refractivity contribution in [3.63, 3.8) is 0 Å². The first-order valence-electron chi connectivity index (χ1n) is 7.07. The van der Waals surface area contributed by atoms with Crippen LogP contribution in [0.1, 0.15) is 25.7 Å². The van der Waals surface area contributed by atoms with E-state index in [1.807, 2.05) is 0 Å². The molecule has 7 heteroatoms. The van der Waals surface area contributed by atoms with Crippen LogP contribution < -0.4 is 10.5 Å². The van der Waals surface area contributed by atoms with Crippen molar-refractivity contribution in [2.75, 3.05) is 26.0 Å². The molecule has 118 valence electrons. The van der Waals surface area contributed by atoms with E-state index in [2.05, 4.69) is 0 Å². The SMILES string of the molecule is COc1ccc(N)cc1S(=O)(=O)N1CCCCC1CCO. The molecule has 1 heterocycles. The van der Waals surface area contributed by atoms with Gasteiger partial charge in [0.1, 0.15) is 10.6 Å². The lowest BCUT2D eigenvalue weighted by Gasteiger charge is -2.34. The van der Waals surface area contributed by atoms with Crippen LogP contribution in [-0.2, 0) is 10.0 Å². The van der Waals surface area contributed by atoms with Gasteiger partial charge < -0.3 is 15.6 Å². The monoisotopic (exact) mass is 314 g/mol. The van der Waals surface area contributed by atoms with E-state index in [9.17, 15) is 8.42 Å². The number of aliphatic hydroxyl groups excluding tert-OH is 1. The molecular weight excluding hydrogens is 292 g/mol. The molecule has 21 heavy (non-hydrogen) atoms. The van der Waals surface area contributed by atoms with Gasteiger partial charge in [0.15, 0.2) is 0 Å². The Kier molecular flexibility index (Phi) is 5.08. The van der Waals surface area contributed by atoms with Gasteiger partial charge in [0, 0.05) is 24.9 Å². The summed E-state index contributed by atoms with van der Waals surface area (Å²) in [5, 5.41) is 9.15. The fraction of sp³-hybridized carbons (Fsp3) is 0.571. The van der Waals surface area contributed by atoms with E-state index in [1.54, 1.807) is 12.1 Å². The number of ether oxygens (including phenoxy) is 1. The van der Waals surface area contributed by atoms with Crippen LogP contribution in [0.2, 0.25) is 0 Å². The van der Waals surface area contributed by atoms with Crippen molar-refractivity contribution in [1.29, 1.82) is 0 Å². The maximum absolute atomic E-state index is 12.9. The second-order valence-corrected chi connectivity index (χ2v) is 7.05. The van der Waals surface area contributed by atoms with Gasteiger partial charge >= 0.3 is 0 Å². The third-order valence-corrected chi connectivity index (χ3v) is 5.78. The van der Waals surface area contributed by atoms with Gasteiger partial charge in [-0.05, 0) is 37.5 Å². The van der Waals surface area contributed by atoms with E-state index in [1.165, 1.54) is 17.5 Å². The van der Waals surface area contributed by atoms with E-state index in [4.69, 9.17) is 15.6 Å². The van der Waals surface area contributed by atoms with Gasteiger partial charge in [0.05, 0.1) is 7.11 Å². The van der Waals surface area contributed by atoms with E-state index < -0.39 is 10.0 Å². The lowest BCUT2D eigenvalue weighted by molar-refractivity contribution is 0.192. The molecule has 0 bridgehead atoms. The Labute approximate surface area is 125 Å².